The standard InChI is InChI=1S/C12H13ClN2O/c1-3-15-11(13)8-14-12(15)16-10-7-5-4-6-9(10)2/h4-8H,3H2,1-2H3. The molecular formula is C12H13ClN2O. The zero-order valence-electron chi connectivity index (χ0n) is 9.27. The van der Waals surface area contributed by atoms with E-state index in [0.717, 1.165) is 17.9 Å². The summed E-state index contributed by atoms with van der Waals surface area (Å²) in [5.74, 6) is 0.805. The van der Waals surface area contributed by atoms with E-state index in [0.29, 0.717) is 11.2 Å². The summed E-state index contributed by atoms with van der Waals surface area (Å²) in [4.78, 5) is 4.13. The van der Waals surface area contributed by atoms with Gasteiger partial charge in [-0.1, -0.05) is 29.8 Å². The van der Waals surface area contributed by atoms with Crippen LogP contribution in [0.2, 0.25) is 5.15 Å². The van der Waals surface area contributed by atoms with E-state index in [4.69, 9.17) is 16.3 Å². The van der Waals surface area contributed by atoms with E-state index in [1.54, 1.807) is 6.20 Å². The second-order valence-electron chi connectivity index (χ2n) is 3.48. The van der Waals surface area contributed by atoms with Crippen molar-refractivity contribution in [2.75, 3.05) is 0 Å². The first kappa shape index (κ1) is 11.0. The highest BCUT2D eigenvalue weighted by Gasteiger charge is 2.09. The summed E-state index contributed by atoms with van der Waals surface area (Å²) < 4.78 is 7.53. The van der Waals surface area contributed by atoms with E-state index in [1.165, 1.54) is 0 Å². The molecule has 16 heavy (non-hydrogen) atoms. The highest BCUT2D eigenvalue weighted by Crippen LogP contribution is 2.25. The molecule has 0 N–H and O–H groups in total. The molecule has 1 aromatic carbocycles. The molecule has 4 heteroatoms. The van der Waals surface area contributed by atoms with Gasteiger partial charge in [-0.2, -0.15) is 0 Å². The lowest BCUT2D eigenvalue weighted by Gasteiger charge is -2.09. The Balaban J connectivity index is 2.31. The minimum Gasteiger partial charge on any atom is -0.425 e. The van der Waals surface area contributed by atoms with Gasteiger partial charge in [0.2, 0.25) is 0 Å². The summed E-state index contributed by atoms with van der Waals surface area (Å²) in [5.41, 5.74) is 1.07. The molecule has 3 nitrogen and oxygen atoms in total. The van der Waals surface area contributed by atoms with Crippen molar-refractivity contribution in [3.63, 3.8) is 0 Å². The van der Waals surface area contributed by atoms with Crippen LogP contribution in [0.3, 0.4) is 0 Å². The maximum absolute atomic E-state index is 5.97. The van der Waals surface area contributed by atoms with Crippen LogP contribution in [0.4, 0.5) is 0 Å². The van der Waals surface area contributed by atoms with Gasteiger partial charge in [-0.3, -0.25) is 4.57 Å². The molecule has 0 spiro atoms. The minimum absolute atomic E-state index is 0.529. The van der Waals surface area contributed by atoms with Gasteiger partial charge in [0.25, 0.3) is 0 Å². The van der Waals surface area contributed by atoms with Gasteiger partial charge in [0, 0.05) is 6.54 Å². The van der Waals surface area contributed by atoms with E-state index in [-0.39, 0.29) is 0 Å². The second-order valence-corrected chi connectivity index (χ2v) is 3.86. The van der Waals surface area contributed by atoms with Crippen molar-refractivity contribution < 1.29 is 4.74 Å². The summed E-state index contributed by atoms with van der Waals surface area (Å²) >= 11 is 5.97. The highest BCUT2D eigenvalue weighted by molar-refractivity contribution is 6.29. The third kappa shape index (κ3) is 2.04. The van der Waals surface area contributed by atoms with Gasteiger partial charge < -0.3 is 4.74 Å². The highest BCUT2D eigenvalue weighted by atomic mass is 35.5. The molecule has 0 saturated carbocycles. The Morgan fingerprint density at radius 2 is 2.12 bits per heavy atom. The third-order valence-corrected chi connectivity index (χ3v) is 2.68. The fraction of sp³-hybridized carbons (Fsp3) is 0.250. The van der Waals surface area contributed by atoms with Gasteiger partial charge >= 0.3 is 6.01 Å². The molecular weight excluding hydrogens is 224 g/mol. The summed E-state index contributed by atoms with van der Waals surface area (Å²) in [7, 11) is 0. The van der Waals surface area contributed by atoms with Gasteiger partial charge in [0.05, 0.1) is 6.20 Å². The predicted octanol–water partition coefficient (Wildman–Crippen LogP) is 3.66. The second kappa shape index (κ2) is 4.58. The van der Waals surface area contributed by atoms with E-state index in [2.05, 4.69) is 4.98 Å². The van der Waals surface area contributed by atoms with E-state index in [1.807, 2.05) is 42.7 Å². The smallest absolute Gasteiger partial charge is 0.303 e. The molecule has 0 aliphatic rings. The Morgan fingerprint density at radius 3 is 2.81 bits per heavy atom. The first-order valence-electron chi connectivity index (χ1n) is 5.17. The van der Waals surface area contributed by atoms with Crippen molar-refractivity contribution >= 4 is 11.6 Å². The topological polar surface area (TPSA) is 27.1 Å². The largest absolute Gasteiger partial charge is 0.425 e. The molecule has 0 atom stereocenters. The SMILES string of the molecule is CCn1c(Cl)cnc1Oc1ccccc1C. The number of aryl methyl sites for hydroxylation is 1. The first-order valence-corrected chi connectivity index (χ1v) is 5.54. The number of hydrogen-bond donors (Lipinski definition) is 0. The zero-order valence-corrected chi connectivity index (χ0v) is 10.0. The lowest BCUT2D eigenvalue weighted by molar-refractivity contribution is 0.413. The van der Waals surface area contributed by atoms with Crippen LogP contribution in [0.1, 0.15) is 12.5 Å². The monoisotopic (exact) mass is 236 g/mol. The van der Waals surface area contributed by atoms with Gasteiger partial charge in [-0.05, 0) is 25.5 Å². The Bertz CT molecular complexity index is 494. The Morgan fingerprint density at radius 1 is 1.38 bits per heavy atom. The normalized spacial score (nSPS) is 10.4. The molecule has 84 valence electrons. The molecule has 2 aromatic rings. The summed E-state index contributed by atoms with van der Waals surface area (Å²) in [6.45, 7) is 4.73. The van der Waals surface area contributed by atoms with E-state index >= 15 is 0 Å². The van der Waals surface area contributed by atoms with Crippen molar-refractivity contribution in [1.82, 2.24) is 9.55 Å². The molecule has 0 saturated heterocycles. The molecule has 0 aliphatic heterocycles. The van der Waals surface area contributed by atoms with Crippen LogP contribution in [0.25, 0.3) is 0 Å². The van der Waals surface area contributed by atoms with Crippen molar-refractivity contribution in [2.45, 2.75) is 20.4 Å². The first-order chi connectivity index (χ1) is 7.72. The van der Waals surface area contributed by atoms with Crippen molar-refractivity contribution in [3.8, 4) is 11.8 Å². The number of para-hydroxylation sites is 1. The zero-order chi connectivity index (χ0) is 11.5. The average molecular weight is 237 g/mol. The number of halogens is 1. The average Bonchev–Trinajstić information content (AvgIpc) is 2.63. The molecule has 0 amide bonds. The lowest BCUT2D eigenvalue weighted by Crippen LogP contribution is -1.99. The summed E-state index contributed by atoms with van der Waals surface area (Å²) in [5, 5.41) is 0.589. The Labute approximate surface area is 99.6 Å². The number of benzene rings is 1. The van der Waals surface area contributed by atoms with Crippen LogP contribution in [0.15, 0.2) is 30.5 Å². The van der Waals surface area contributed by atoms with Gasteiger partial charge in [0.1, 0.15) is 10.9 Å². The molecule has 1 aromatic heterocycles. The maximum Gasteiger partial charge on any atom is 0.303 e. The number of nitrogens with zero attached hydrogens (tertiary/aromatic N) is 2. The van der Waals surface area contributed by atoms with Gasteiger partial charge in [0.15, 0.2) is 0 Å². The van der Waals surface area contributed by atoms with Crippen LogP contribution >= 0.6 is 11.6 Å². The fourth-order valence-corrected chi connectivity index (χ4v) is 1.72. The number of rotatable bonds is 3. The molecule has 1 heterocycles. The number of hydrogen-bond acceptors (Lipinski definition) is 2. The molecule has 0 aliphatic carbocycles. The maximum atomic E-state index is 5.97. The predicted molar refractivity (Wildman–Crippen MR) is 64.2 cm³/mol. The van der Waals surface area contributed by atoms with Crippen LogP contribution in [0, 0.1) is 6.92 Å². The summed E-state index contributed by atoms with van der Waals surface area (Å²) in [6.07, 6.45) is 1.60. The lowest BCUT2D eigenvalue weighted by atomic mass is 10.2. The van der Waals surface area contributed by atoms with E-state index in [9.17, 15) is 0 Å². The molecule has 0 fully saturated rings. The number of aromatic nitrogens is 2. The molecule has 0 bridgehead atoms. The van der Waals surface area contributed by atoms with Crippen LogP contribution in [0.5, 0.6) is 11.8 Å². The van der Waals surface area contributed by atoms with Crippen molar-refractivity contribution in [1.29, 1.82) is 0 Å². The van der Waals surface area contributed by atoms with Gasteiger partial charge in [-0.25, -0.2) is 4.98 Å². The number of imidazole rings is 1. The van der Waals surface area contributed by atoms with E-state index < -0.39 is 0 Å². The molecule has 0 unspecified atom stereocenters. The quantitative estimate of drug-likeness (QED) is 0.813. The van der Waals surface area contributed by atoms with Crippen LogP contribution < -0.4 is 4.74 Å². The Hall–Kier alpha value is -1.48. The van der Waals surface area contributed by atoms with Crippen molar-refractivity contribution in [3.05, 3.63) is 41.2 Å². The number of ether oxygens (including phenoxy) is 1. The van der Waals surface area contributed by atoms with Crippen molar-refractivity contribution in [2.24, 2.45) is 0 Å². The van der Waals surface area contributed by atoms with Gasteiger partial charge in [-0.15, -0.1) is 0 Å². The molecule has 0 radical (unpaired) electrons. The Kier molecular flexibility index (Phi) is 3.15. The third-order valence-electron chi connectivity index (χ3n) is 2.38. The van der Waals surface area contributed by atoms with Crippen LogP contribution in [-0.2, 0) is 6.54 Å². The molecule has 2 rings (SSSR count). The summed E-state index contributed by atoms with van der Waals surface area (Å²) in [6, 6.07) is 8.35. The minimum atomic E-state index is 0.529. The van der Waals surface area contributed by atoms with Crippen LogP contribution in [-0.4, -0.2) is 9.55 Å². The fourth-order valence-electron chi connectivity index (χ4n) is 1.48.